The summed E-state index contributed by atoms with van der Waals surface area (Å²) in [6.45, 7) is -17.8. The van der Waals surface area contributed by atoms with Crippen LogP contribution < -0.4 is 0 Å². The van der Waals surface area contributed by atoms with E-state index in [1.54, 1.807) is 0 Å². The van der Waals surface area contributed by atoms with Crippen LogP contribution in [0.3, 0.4) is 0 Å². The van der Waals surface area contributed by atoms with Gasteiger partial charge in [0.25, 0.3) is 0 Å². The molecule has 5 nitrogen and oxygen atoms in total. The average Bonchev–Trinajstić information content (AvgIpc) is 2.33. The van der Waals surface area contributed by atoms with Crippen molar-refractivity contribution in [3.8, 4) is 0 Å². The molecule has 0 aromatic carbocycles. The van der Waals surface area contributed by atoms with E-state index in [0.29, 0.717) is 0 Å². The van der Waals surface area contributed by atoms with Gasteiger partial charge in [-0.2, -0.15) is 0 Å². The van der Waals surface area contributed by atoms with Crippen molar-refractivity contribution >= 4 is 28.0 Å². The molecule has 0 heterocycles. The molecule has 0 aliphatic carbocycles. The van der Waals surface area contributed by atoms with Crippen LogP contribution in [0, 0.1) is 0 Å². The Morgan fingerprint density at radius 1 is 1.38 bits per heavy atom. The van der Waals surface area contributed by atoms with Crippen LogP contribution in [0.15, 0.2) is 0 Å². The van der Waals surface area contributed by atoms with Gasteiger partial charge in [0.2, 0.25) is 0 Å². The highest BCUT2D eigenvalue weighted by molar-refractivity contribution is 8.55. The molecule has 0 saturated carbocycles. The minimum absolute atomic E-state index is 0.00400. The van der Waals surface area contributed by atoms with Gasteiger partial charge in [0, 0.05) is 19.7 Å². The van der Waals surface area contributed by atoms with Crippen molar-refractivity contribution in [1.82, 2.24) is 0 Å². The van der Waals surface area contributed by atoms with Crippen LogP contribution in [-0.2, 0) is 23.4 Å². The zero-order valence-corrected chi connectivity index (χ0v) is 11.0. The first kappa shape index (κ1) is 6.06. The lowest BCUT2D eigenvalue weighted by Gasteiger charge is -2.15. The standard InChI is InChI=1S/C8H19O5PS2/c1-4-12-14(9,13-5-2)15-7-8-16(10,11)6-3/h4-8H2,1-3H3/i1D3,2D3,4D2,5D2. The number of rotatable bonds is 9. The van der Waals surface area contributed by atoms with Gasteiger partial charge in [-0.05, 0) is 25.1 Å². The maximum absolute atomic E-state index is 12.7. The van der Waals surface area contributed by atoms with Crippen molar-refractivity contribution in [2.45, 2.75) is 20.6 Å². The van der Waals surface area contributed by atoms with Crippen molar-refractivity contribution in [3.05, 3.63) is 0 Å². The van der Waals surface area contributed by atoms with Gasteiger partial charge >= 0.3 is 6.80 Å². The second-order valence-electron chi connectivity index (χ2n) is 2.40. The second kappa shape index (κ2) is 7.71. The summed E-state index contributed by atoms with van der Waals surface area (Å²) in [6, 6.07) is 0. The summed E-state index contributed by atoms with van der Waals surface area (Å²) in [6.07, 6.45) is 0. The first-order valence-corrected chi connectivity index (χ1v) is 9.00. The molecule has 0 amide bonds. The van der Waals surface area contributed by atoms with Gasteiger partial charge in [-0.3, -0.25) is 0 Å². The van der Waals surface area contributed by atoms with Crippen LogP contribution in [0.1, 0.15) is 34.3 Å². The summed E-state index contributed by atoms with van der Waals surface area (Å²) in [5, 5.41) is 0. The molecule has 0 aliphatic rings. The third kappa shape index (κ3) is 6.91. The smallest absolute Gasteiger partial charge is 0.301 e. The summed E-state index contributed by atoms with van der Waals surface area (Å²) in [5.41, 5.74) is 0. The van der Waals surface area contributed by atoms with Crippen LogP contribution >= 0.6 is 18.2 Å². The topological polar surface area (TPSA) is 69.7 Å². The van der Waals surface area contributed by atoms with Crippen LogP contribution in [0.4, 0.5) is 0 Å². The Balaban J connectivity index is 5.63. The van der Waals surface area contributed by atoms with Gasteiger partial charge in [-0.25, -0.2) is 13.0 Å². The molecule has 0 saturated heterocycles. The molecule has 8 heteroatoms. The highest BCUT2D eigenvalue weighted by Gasteiger charge is 2.25. The first-order valence-electron chi connectivity index (χ1n) is 9.05. The molecule has 0 atom stereocenters. The summed E-state index contributed by atoms with van der Waals surface area (Å²) in [4.78, 5) is 0. The van der Waals surface area contributed by atoms with Crippen LogP contribution in [0.25, 0.3) is 0 Å². The van der Waals surface area contributed by atoms with Gasteiger partial charge in [0.1, 0.15) is 0 Å². The molecule has 0 aliphatic heterocycles. The Kier molecular flexibility index (Phi) is 2.92. The molecule has 98 valence electrons. The van der Waals surface area contributed by atoms with Crippen LogP contribution in [-0.4, -0.2) is 38.8 Å². The van der Waals surface area contributed by atoms with E-state index in [-0.39, 0.29) is 17.1 Å². The molecule has 0 bridgehead atoms. The molecule has 0 unspecified atom stereocenters. The third-order valence-corrected chi connectivity index (χ3v) is 6.64. The van der Waals surface area contributed by atoms with Gasteiger partial charge in [-0.1, -0.05) is 6.92 Å². The highest BCUT2D eigenvalue weighted by atomic mass is 32.7. The molecule has 0 rings (SSSR count). The molecule has 0 aromatic heterocycles. The lowest BCUT2D eigenvalue weighted by atomic mass is 10.9. The number of sulfone groups is 1. The fourth-order valence-electron chi connectivity index (χ4n) is 0.604. The second-order valence-corrected chi connectivity index (χ2v) is 8.92. The predicted octanol–water partition coefficient (Wildman–Crippen LogP) is 2.34. The molecule has 0 aromatic rings. The largest absolute Gasteiger partial charge is 0.389 e. The van der Waals surface area contributed by atoms with Gasteiger partial charge in [0.05, 0.1) is 24.4 Å². The van der Waals surface area contributed by atoms with Crippen LogP contribution in [0.2, 0.25) is 0 Å². The Morgan fingerprint density at radius 3 is 2.38 bits per heavy atom. The van der Waals surface area contributed by atoms with Crippen molar-refractivity contribution in [2.75, 3.05) is 30.4 Å². The first-order chi connectivity index (χ1) is 11.2. The van der Waals surface area contributed by atoms with E-state index in [4.69, 9.17) is 13.7 Å². The quantitative estimate of drug-likeness (QED) is 0.609. The zero-order valence-electron chi connectivity index (χ0n) is 18.4. The Labute approximate surface area is 116 Å². The van der Waals surface area contributed by atoms with E-state index in [9.17, 15) is 13.0 Å². The predicted molar refractivity (Wildman–Crippen MR) is 67.6 cm³/mol. The number of hydrogen-bond donors (Lipinski definition) is 0. The van der Waals surface area contributed by atoms with Crippen molar-refractivity contribution in [1.29, 1.82) is 0 Å². The SMILES string of the molecule is [2H]C([2H])([2H])C([2H])([2H])OP(=O)(OC([2H])([2H])C([2H])([2H])[2H])SCCS(=O)(=O)CC. The summed E-state index contributed by atoms with van der Waals surface area (Å²) in [7, 11) is -3.55. The maximum Gasteiger partial charge on any atom is 0.389 e. The Morgan fingerprint density at radius 2 is 1.94 bits per heavy atom. The maximum atomic E-state index is 12.7. The van der Waals surface area contributed by atoms with Gasteiger partial charge in [0.15, 0.2) is 9.84 Å². The minimum atomic E-state index is -5.07. The van der Waals surface area contributed by atoms with E-state index in [1.165, 1.54) is 6.92 Å². The lowest BCUT2D eigenvalue weighted by molar-refractivity contribution is 0.237. The van der Waals surface area contributed by atoms with E-state index >= 15 is 0 Å². The number of hydrogen-bond acceptors (Lipinski definition) is 6. The van der Waals surface area contributed by atoms with Gasteiger partial charge < -0.3 is 9.05 Å². The molecule has 0 N–H and O–H groups in total. The molecule has 0 spiro atoms. The highest BCUT2D eigenvalue weighted by Crippen LogP contribution is 2.60. The van der Waals surface area contributed by atoms with Crippen molar-refractivity contribution in [3.63, 3.8) is 0 Å². The molecule has 0 radical (unpaired) electrons. The average molecular weight is 300 g/mol. The van der Waals surface area contributed by atoms with E-state index in [2.05, 4.69) is 9.05 Å². The molecular weight excluding hydrogens is 271 g/mol. The van der Waals surface area contributed by atoms with Crippen molar-refractivity contribution in [2.24, 2.45) is 0 Å². The normalized spacial score (nSPS) is 25.6. The van der Waals surface area contributed by atoms with Crippen LogP contribution in [0.5, 0.6) is 0 Å². The van der Waals surface area contributed by atoms with E-state index in [1.807, 2.05) is 0 Å². The Bertz CT molecular complexity index is 596. The molecule has 16 heavy (non-hydrogen) atoms. The summed E-state index contributed by atoms with van der Waals surface area (Å²) < 4.78 is 116. The zero-order chi connectivity index (χ0) is 21.2. The van der Waals surface area contributed by atoms with E-state index in [0.717, 1.165) is 0 Å². The summed E-state index contributed by atoms with van der Waals surface area (Å²) in [5.74, 6) is -1.36. The Hall–Kier alpha value is 0.450. The fourth-order valence-corrected chi connectivity index (χ4v) is 4.68. The van der Waals surface area contributed by atoms with E-state index < -0.39 is 55.0 Å². The molecule has 0 fully saturated rings. The molecular formula is C8H19O5PS2. The minimum Gasteiger partial charge on any atom is -0.301 e. The van der Waals surface area contributed by atoms with Crippen molar-refractivity contribution < 1.29 is 35.7 Å². The third-order valence-electron chi connectivity index (χ3n) is 1.40. The van der Waals surface area contributed by atoms with Gasteiger partial charge in [-0.15, -0.1) is 0 Å². The summed E-state index contributed by atoms with van der Waals surface area (Å²) >= 11 is 0.00400. The monoisotopic (exact) mass is 300 g/mol. The lowest BCUT2D eigenvalue weighted by Crippen LogP contribution is -2.10. The fraction of sp³-hybridized carbons (Fsp3) is 1.00.